The minimum atomic E-state index is -0.173. The molecule has 7 nitrogen and oxygen atoms in total. The van der Waals surface area contributed by atoms with Crippen molar-refractivity contribution < 1.29 is 4.79 Å². The maximum absolute atomic E-state index is 13.6. The molecule has 0 saturated heterocycles. The number of hydrogen-bond acceptors (Lipinski definition) is 4. The quantitative estimate of drug-likeness (QED) is 0.136. The number of halogens is 1. The van der Waals surface area contributed by atoms with Crippen LogP contribution in [0, 0.1) is 17.2 Å². The van der Waals surface area contributed by atoms with Crippen LogP contribution in [-0.4, -0.2) is 38.1 Å². The normalized spacial score (nSPS) is 12.2. The molecule has 0 fully saturated rings. The van der Waals surface area contributed by atoms with Gasteiger partial charge >= 0.3 is 0 Å². The Bertz CT molecular complexity index is 1840. The molecule has 0 spiro atoms. The molecular weight excluding hydrogens is 612 g/mol. The van der Waals surface area contributed by atoms with Gasteiger partial charge in [-0.1, -0.05) is 98.6 Å². The Morgan fingerprint density at radius 1 is 1.04 bits per heavy atom. The van der Waals surface area contributed by atoms with E-state index in [1.807, 2.05) is 53.1 Å². The molecule has 0 unspecified atom stereocenters. The van der Waals surface area contributed by atoms with Crippen LogP contribution in [0.25, 0.3) is 10.8 Å². The van der Waals surface area contributed by atoms with Crippen LogP contribution in [0.5, 0.6) is 0 Å². The van der Waals surface area contributed by atoms with E-state index in [1.54, 1.807) is 24.7 Å². The number of carbonyl (C=O) groups is 1. The predicted molar refractivity (Wildman–Crippen MR) is 190 cm³/mol. The molecule has 0 radical (unpaired) electrons. The fraction of sp³-hybridized carbons (Fsp3) is 0.243. The molecular formula is C37H37ClN6OS. The molecule has 46 heavy (non-hydrogen) atoms. The van der Waals surface area contributed by atoms with Crippen molar-refractivity contribution in [1.82, 2.24) is 19.8 Å². The molecule has 1 amide bonds. The molecule has 0 aliphatic carbocycles. The van der Waals surface area contributed by atoms with Crippen LogP contribution in [0.4, 0.5) is 5.69 Å². The van der Waals surface area contributed by atoms with Gasteiger partial charge in [0.2, 0.25) is 5.91 Å². The number of carbonyl (C=O) groups excluding carboxylic acids is 1. The third-order valence-corrected chi connectivity index (χ3v) is 9.00. The Morgan fingerprint density at radius 3 is 2.54 bits per heavy atom. The molecule has 4 aromatic carbocycles. The smallest absolute Gasteiger partial charge is 0.226 e. The third kappa shape index (κ3) is 8.30. The number of aromatic nitrogens is 2. The van der Waals surface area contributed by atoms with Gasteiger partial charge in [0.1, 0.15) is 0 Å². The second-order valence-corrected chi connectivity index (χ2v) is 12.3. The average Bonchev–Trinajstić information content (AvgIpc) is 3.50. The summed E-state index contributed by atoms with van der Waals surface area (Å²) >= 11 is 12.5. The summed E-state index contributed by atoms with van der Waals surface area (Å²) in [5.41, 5.74) is 4.33. The maximum Gasteiger partial charge on any atom is 0.226 e. The van der Waals surface area contributed by atoms with Crippen molar-refractivity contribution in [3.63, 3.8) is 0 Å². The lowest BCUT2D eigenvalue weighted by atomic mass is 9.97. The molecule has 1 heterocycles. The van der Waals surface area contributed by atoms with Crippen molar-refractivity contribution in [2.75, 3.05) is 11.9 Å². The summed E-state index contributed by atoms with van der Waals surface area (Å²) < 4.78 is 1.97. The van der Waals surface area contributed by atoms with Crippen LogP contribution in [-0.2, 0) is 24.3 Å². The summed E-state index contributed by atoms with van der Waals surface area (Å²) in [6.45, 7) is 5.90. The lowest BCUT2D eigenvalue weighted by molar-refractivity contribution is -0.121. The zero-order valence-corrected chi connectivity index (χ0v) is 27.6. The molecule has 5 rings (SSSR count). The summed E-state index contributed by atoms with van der Waals surface area (Å²) in [5.74, 6) is 0.104. The minimum absolute atomic E-state index is 0.0815. The van der Waals surface area contributed by atoms with E-state index >= 15 is 0 Å². The zero-order chi connectivity index (χ0) is 32.5. The first kappa shape index (κ1) is 32.7. The highest BCUT2D eigenvalue weighted by Gasteiger charge is 2.24. The van der Waals surface area contributed by atoms with Gasteiger partial charge in [0.25, 0.3) is 0 Å². The highest BCUT2D eigenvalue weighted by atomic mass is 35.5. The SMILES string of the molecule is CC[C@H](C)[C@@H](CN(Cc1cccc2ccccc12)C(=S)Nc1ccccc1Cl)NC(=O)Cc1cncn1Cc1ccc(C#N)cc1. The number of benzene rings is 4. The van der Waals surface area contributed by atoms with Crippen LogP contribution in [0.3, 0.4) is 0 Å². The number of rotatable bonds is 12. The molecule has 5 aromatic rings. The first-order valence-corrected chi connectivity index (χ1v) is 16.2. The summed E-state index contributed by atoms with van der Waals surface area (Å²) in [6, 6.07) is 31.6. The van der Waals surface area contributed by atoms with Crippen LogP contribution >= 0.6 is 23.8 Å². The van der Waals surface area contributed by atoms with Crippen molar-refractivity contribution in [3.05, 3.63) is 131 Å². The Morgan fingerprint density at radius 2 is 1.78 bits per heavy atom. The molecule has 0 saturated carbocycles. The minimum Gasteiger partial charge on any atom is -0.351 e. The van der Waals surface area contributed by atoms with Gasteiger partial charge in [-0.05, 0) is 64.3 Å². The van der Waals surface area contributed by atoms with Gasteiger partial charge < -0.3 is 20.1 Å². The van der Waals surface area contributed by atoms with Gasteiger partial charge in [-0.2, -0.15) is 5.26 Å². The zero-order valence-electron chi connectivity index (χ0n) is 26.0. The molecule has 2 N–H and O–H groups in total. The lowest BCUT2D eigenvalue weighted by Gasteiger charge is -2.33. The predicted octanol–water partition coefficient (Wildman–Crippen LogP) is 7.58. The number of fused-ring (bicyclic) bond motifs is 1. The van der Waals surface area contributed by atoms with Crippen LogP contribution in [0.15, 0.2) is 104 Å². The molecule has 1 aromatic heterocycles. The van der Waals surface area contributed by atoms with Gasteiger partial charge in [0.05, 0.1) is 35.1 Å². The Balaban J connectivity index is 1.35. The Kier molecular flexibility index (Phi) is 11.0. The molecule has 2 atom stereocenters. The number of thiocarbonyl (C=S) groups is 1. The number of nitriles is 1. The fourth-order valence-electron chi connectivity index (χ4n) is 5.44. The van der Waals surface area contributed by atoms with Crippen LogP contribution in [0.1, 0.15) is 42.7 Å². The number of nitrogens with one attached hydrogen (secondary N) is 2. The second-order valence-electron chi connectivity index (χ2n) is 11.5. The van der Waals surface area contributed by atoms with E-state index in [2.05, 4.69) is 70.8 Å². The first-order valence-electron chi connectivity index (χ1n) is 15.4. The van der Waals surface area contributed by atoms with Gasteiger partial charge in [-0.3, -0.25) is 4.79 Å². The maximum atomic E-state index is 13.6. The Labute approximate surface area is 280 Å². The van der Waals surface area contributed by atoms with E-state index in [0.717, 1.165) is 39.7 Å². The summed E-state index contributed by atoms with van der Waals surface area (Å²) in [7, 11) is 0. The molecule has 0 aliphatic rings. The molecule has 9 heteroatoms. The number of para-hydroxylation sites is 1. The summed E-state index contributed by atoms with van der Waals surface area (Å²) in [4.78, 5) is 20.0. The van der Waals surface area contributed by atoms with E-state index < -0.39 is 0 Å². The van der Waals surface area contributed by atoms with Crippen LogP contribution < -0.4 is 10.6 Å². The van der Waals surface area contributed by atoms with E-state index in [9.17, 15) is 4.79 Å². The van der Waals surface area contributed by atoms with E-state index in [-0.39, 0.29) is 24.3 Å². The van der Waals surface area contributed by atoms with Crippen molar-refractivity contribution >= 4 is 51.3 Å². The fourth-order valence-corrected chi connectivity index (χ4v) is 5.88. The van der Waals surface area contributed by atoms with Crippen molar-refractivity contribution in [3.8, 4) is 6.07 Å². The van der Waals surface area contributed by atoms with Gasteiger partial charge in [-0.25, -0.2) is 4.98 Å². The van der Waals surface area contributed by atoms with Gasteiger partial charge in [-0.15, -0.1) is 0 Å². The highest BCUT2D eigenvalue weighted by molar-refractivity contribution is 7.80. The standard InChI is InChI=1S/C37H37ClN6OS/c1-3-26(2)35(41-36(45)19-31-21-40-25-44(31)22-28-17-15-27(20-39)16-18-28)24-43(37(46)42-34-14-7-6-13-33(34)38)23-30-11-8-10-29-9-4-5-12-32(29)30/h4-18,21,25-26,35H,3,19,22-24H2,1-2H3,(H,41,45)(H,42,46)/t26-,35+/m0/s1. The van der Waals surface area contributed by atoms with Gasteiger partial charge in [0.15, 0.2) is 5.11 Å². The average molecular weight is 649 g/mol. The summed E-state index contributed by atoms with van der Waals surface area (Å²) in [6.07, 6.45) is 4.54. The van der Waals surface area contributed by atoms with Crippen molar-refractivity contribution in [2.45, 2.75) is 45.8 Å². The largest absolute Gasteiger partial charge is 0.351 e. The first-order chi connectivity index (χ1) is 22.3. The molecule has 0 aliphatic heterocycles. The third-order valence-electron chi connectivity index (χ3n) is 8.31. The summed E-state index contributed by atoms with van der Waals surface area (Å²) in [5, 5.41) is 19.2. The number of amides is 1. The molecule has 234 valence electrons. The lowest BCUT2D eigenvalue weighted by Crippen LogP contribution is -2.50. The molecule has 0 bridgehead atoms. The number of anilines is 1. The number of nitrogens with zero attached hydrogens (tertiary/aromatic N) is 4. The van der Waals surface area contributed by atoms with Crippen LogP contribution in [0.2, 0.25) is 5.02 Å². The van der Waals surface area contributed by atoms with Gasteiger partial charge in [0, 0.05) is 37.6 Å². The number of imidazole rings is 1. The van der Waals surface area contributed by atoms with E-state index in [1.165, 1.54) is 0 Å². The number of hydrogen-bond donors (Lipinski definition) is 2. The Hall–Kier alpha value is -4.71. The van der Waals surface area contributed by atoms with Crippen molar-refractivity contribution in [2.24, 2.45) is 5.92 Å². The van der Waals surface area contributed by atoms with E-state index in [4.69, 9.17) is 29.1 Å². The topological polar surface area (TPSA) is 86.0 Å². The van der Waals surface area contributed by atoms with Crippen molar-refractivity contribution in [1.29, 1.82) is 5.26 Å². The highest BCUT2D eigenvalue weighted by Crippen LogP contribution is 2.24. The van der Waals surface area contributed by atoms with E-state index in [0.29, 0.717) is 35.3 Å². The monoisotopic (exact) mass is 648 g/mol. The second kappa shape index (κ2) is 15.5.